The van der Waals surface area contributed by atoms with Gasteiger partial charge in [-0.25, -0.2) is 9.13 Å². The summed E-state index contributed by atoms with van der Waals surface area (Å²) < 4.78 is 5.13. The fourth-order valence-electron chi connectivity index (χ4n) is 4.54. The second kappa shape index (κ2) is 20.1. The van der Waals surface area contributed by atoms with Gasteiger partial charge in [0.1, 0.15) is 12.4 Å². The van der Waals surface area contributed by atoms with Crippen molar-refractivity contribution in [2.75, 3.05) is 0 Å². The van der Waals surface area contributed by atoms with Crippen molar-refractivity contribution in [3.63, 3.8) is 0 Å². The standard InChI is InChI=1S/C28H55N2/c1-4-7-10-12-13-14-15-16-17-18-20-22-25-30-27-26-29(28(30)23-9-6-3)24-21-19-11-8-5-2/h26-27H,4-25H2,1-3H3/q+1. The van der Waals surface area contributed by atoms with Gasteiger partial charge in [0.2, 0.25) is 0 Å². The minimum atomic E-state index is 1.22. The second-order valence-electron chi connectivity index (χ2n) is 9.51. The summed E-state index contributed by atoms with van der Waals surface area (Å²) in [6.07, 6.45) is 32.6. The van der Waals surface area contributed by atoms with Crippen molar-refractivity contribution in [2.45, 2.75) is 162 Å². The molecule has 0 saturated heterocycles. The number of nitrogens with zero attached hydrogens (tertiary/aromatic N) is 2. The molecular weight excluding hydrogens is 364 g/mol. The van der Waals surface area contributed by atoms with Crippen LogP contribution in [0.2, 0.25) is 0 Å². The van der Waals surface area contributed by atoms with E-state index in [1.807, 2.05) is 0 Å². The minimum absolute atomic E-state index is 1.22. The molecule has 1 aromatic heterocycles. The molecule has 0 saturated carbocycles. The largest absolute Gasteiger partial charge is 0.256 e. The van der Waals surface area contributed by atoms with Gasteiger partial charge < -0.3 is 0 Å². The Labute approximate surface area is 189 Å². The molecule has 0 amide bonds. The van der Waals surface area contributed by atoms with Crippen LogP contribution in [0, 0.1) is 0 Å². The zero-order valence-electron chi connectivity index (χ0n) is 21.1. The first-order valence-electron chi connectivity index (χ1n) is 13.9. The van der Waals surface area contributed by atoms with E-state index >= 15 is 0 Å². The third-order valence-corrected chi connectivity index (χ3v) is 6.60. The molecule has 0 aliphatic heterocycles. The van der Waals surface area contributed by atoms with Gasteiger partial charge in [-0.15, -0.1) is 0 Å². The lowest BCUT2D eigenvalue weighted by Crippen LogP contribution is -2.37. The molecule has 0 radical (unpaired) electrons. The van der Waals surface area contributed by atoms with Crippen molar-refractivity contribution in [3.8, 4) is 0 Å². The summed E-state index contributed by atoms with van der Waals surface area (Å²) in [5, 5.41) is 0. The van der Waals surface area contributed by atoms with Gasteiger partial charge in [0.15, 0.2) is 0 Å². The second-order valence-corrected chi connectivity index (χ2v) is 9.51. The molecule has 176 valence electrons. The zero-order chi connectivity index (χ0) is 21.7. The Hall–Kier alpha value is -0.790. The minimum Gasteiger partial charge on any atom is -0.234 e. The highest BCUT2D eigenvalue weighted by molar-refractivity contribution is 4.84. The molecule has 30 heavy (non-hydrogen) atoms. The SMILES string of the molecule is CCCCCCCCCCCCCCn1cc[n+](CCCCCCC)c1CCCC. The van der Waals surface area contributed by atoms with Crippen LogP contribution in [-0.2, 0) is 19.5 Å². The molecule has 0 unspecified atom stereocenters. The molecule has 1 aromatic rings. The number of unbranched alkanes of at least 4 members (excludes halogenated alkanes) is 16. The maximum absolute atomic E-state index is 2.57. The molecule has 2 heteroatoms. The number of hydrogen-bond donors (Lipinski definition) is 0. The summed E-state index contributed by atoms with van der Waals surface area (Å²) >= 11 is 0. The van der Waals surface area contributed by atoms with E-state index in [4.69, 9.17) is 0 Å². The molecule has 0 bridgehead atoms. The summed E-state index contributed by atoms with van der Waals surface area (Å²) in [5.74, 6) is 1.58. The van der Waals surface area contributed by atoms with Crippen LogP contribution in [0.1, 0.15) is 149 Å². The van der Waals surface area contributed by atoms with E-state index in [9.17, 15) is 0 Å². The first-order chi connectivity index (χ1) is 14.8. The first kappa shape index (κ1) is 27.2. The van der Waals surface area contributed by atoms with E-state index in [1.165, 1.54) is 142 Å². The van der Waals surface area contributed by atoms with Gasteiger partial charge in [0.25, 0.3) is 5.82 Å². The molecule has 0 atom stereocenters. The number of imidazole rings is 1. The van der Waals surface area contributed by atoms with Crippen LogP contribution in [-0.4, -0.2) is 4.57 Å². The highest BCUT2D eigenvalue weighted by Crippen LogP contribution is 2.13. The van der Waals surface area contributed by atoms with E-state index in [0.717, 1.165) is 0 Å². The summed E-state index contributed by atoms with van der Waals surface area (Å²) in [7, 11) is 0. The van der Waals surface area contributed by atoms with Crippen LogP contribution in [0.4, 0.5) is 0 Å². The summed E-state index contributed by atoms with van der Waals surface area (Å²) in [6, 6.07) is 0. The van der Waals surface area contributed by atoms with Crippen LogP contribution in [0.15, 0.2) is 12.4 Å². The Morgan fingerprint density at radius 2 is 1.03 bits per heavy atom. The highest BCUT2D eigenvalue weighted by Gasteiger charge is 2.16. The average Bonchev–Trinajstić information content (AvgIpc) is 3.14. The Balaban J connectivity index is 2.17. The van der Waals surface area contributed by atoms with Crippen molar-refractivity contribution in [2.24, 2.45) is 0 Å². The molecule has 0 spiro atoms. The molecule has 0 fully saturated rings. The van der Waals surface area contributed by atoms with Crippen LogP contribution in [0.3, 0.4) is 0 Å². The maximum atomic E-state index is 2.57. The molecule has 0 aromatic carbocycles. The van der Waals surface area contributed by atoms with E-state index in [1.54, 1.807) is 5.82 Å². The molecule has 1 rings (SSSR count). The Morgan fingerprint density at radius 1 is 0.567 bits per heavy atom. The number of rotatable bonds is 22. The van der Waals surface area contributed by atoms with Crippen LogP contribution >= 0.6 is 0 Å². The van der Waals surface area contributed by atoms with E-state index in [-0.39, 0.29) is 0 Å². The third kappa shape index (κ3) is 13.5. The fraction of sp³-hybridized carbons (Fsp3) is 0.893. The van der Waals surface area contributed by atoms with E-state index < -0.39 is 0 Å². The summed E-state index contributed by atoms with van der Waals surface area (Å²) in [5.41, 5.74) is 0. The molecule has 0 aliphatic rings. The highest BCUT2D eigenvalue weighted by atomic mass is 15.1. The Kier molecular flexibility index (Phi) is 18.3. The fourth-order valence-corrected chi connectivity index (χ4v) is 4.54. The topological polar surface area (TPSA) is 8.81 Å². The van der Waals surface area contributed by atoms with Crippen LogP contribution < -0.4 is 4.57 Å². The van der Waals surface area contributed by atoms with E-state index in [0.29, 0.717) is 0 Å². The predicted molar refractivity (Wildman–Crippen MR) is 133 cm³/mol. The molecule has 2 nitrogen and oxygen atoms in total. The van der Waals surface area contributed by atoms with Crippen molar-refractivity contribution in [3.05, 3.63) is 18.2 Å². The average molecular weight is 420 g/mol. The van der Waals surface area contributed by atoms with Gasteiger partial charge in [0.05, 0.1) is 13.1 Å². The van der Waals surface area contributed by atoms with Crippen LogP contribution in [0.5, 0.6) is 0 Å². The third-order valence-electron chi connectivity index (χ3n) is 6.60. The normalized spacial score (nSPS) is 11.4. The van der Waals surface area contributed by atoms with Gasteiger partial charge in [0, 0.05) is 6.42 Å². The molecule has 1 heterocycles. The molecular formula is C28H55N2+. The quantitative estimate of drug-likeness (QED) is 0.131. The van der Waals surface area contributed by atoms with Gasteiger partial charge in [-0.05, 0) is 32.1 Å². The lowest BCUT2D eigenvalue weighted by atomic mass is 10.1. The number of aryl methyl sites for hydroxylation is 2. The summed E-state index contributed by atoms with van der Waals surface area (Å²) in [4.78, 5) is 0. The predicted octanol–water partition coefficient (Wildman–Crippen LogP) is 8.79. The van der Waals surface area contributed by atoms with E-state index in [2.05, 4.69) is 42.3 Å². The van der Waals surface area contributed by atoms with Crippen molar-refractivity contribution in [1.29, 1.82) is 0 Å². The van der Waals surface area contributed by atoms with Gasteiger partial charge in [-0.2, -0.15) is 0 Å². The van der Waals surface area contributed by atoms with Crippen molar-refractivity contribution < 1.29 is 4.57 Å². The molecule has 0 N–H and O–H groups in total. The number of aromatic nitrogens is 2. The van der Waals surface area contributed by atoms with Crippen molar-refractivity contribution >= 4 is 0 Å². The lowest BCUT2D eigenvalue weighted by molar-refractivity contribution is -0.704. The Morgan fingerprint density at radius 3 is 1.57 bits per heavy atom. The van der Waals surface area contributed by atoms with Gasteiger partial charge in [-0.3, -0.25) is 0 Å². The maximum Gasteiger partial charge on any atom is 0.256 e. The molecule has 0 aliphatic carbocycles. The van der Waals surface area contributed by atoms with Gasteiger partial charge in [-0.1, -0.05) is 111 Å². The van der Waals surface area contributed by atoms with Crippen molar-refractivity contribution in [1.82, 2.24) is 4.57 Å². The van der Waals surface area contributed by atoms with Crippen LogP contribution in [0.25, 0.3) is 0 Å². The lowest BCUT2D eigenvalue weighted by Gasteiger charge is -2.06. The zero-order valence-corrected chi connectivity index (χ0v) is 21.1. The Bertz CT molecular complexity index is 477. The summed E-state index contributed by atoms with van der Waals surface area (Å²) in [6.45, 7) is 9.35. The monoisotopic (exact) mass is 419 g/mol. The van der Waals surface area contributed by atoms with Gasteiger partial charge >= 0.3 is 0 Å². The number of hydrogen-bond acceptors (Lipinski definition) is 0. The first-order valence-corrected chi connectivity index (χ1v) is 13.9. The smallest absolute Gasteiger partial charge is 0.234 e.